The third-order valence-electron chi connectivity index (χ3n) is 3.62. The molecule has 0 radical (unpaired) electrons. The maximum Gasteiger partial charge on any atom is 0.315 e. The van der Waals surface area contributed by atoms with Crippen LogP contribution in [0, 0.1) is 0 Å². The van der Waals surface area contributed by atoms with Gasteiger partial charge in [0.15, 0.2) is 0 Å². The van der Waals surface area contributed by atoms with E-state index < -0.39 is 0 Å². The van der Waals surface area contributed by atoms with Gasteiger partial charge in [0.1, 0.15) is 0 Å². The van der Waals surface area contributed by atoms with Gasteiger partial charge in [0, 0.05) is 26.0 Å². The van der Waals surface area contributed by atoms with E-state index >= 15 is 0 Å². The maximum absolute atomic E-state index is 12.1. The summed E-state index contributed by atoms with van der Waals surface area (Å²) in [5, 5.41) is 5.37. The van der Waals surface area contributed by atoms with Gasteiger partial charge in [-0.25, -0.2) is 4.79 Å². The monoisotopic (exact) mass is 326 g/mol. The molecular weight excluding hydrogens is 304 g/mol. The first kappa shape index (κ1) is 17.5. The first-order chi connectivity index (χ1) is 11.6. The van der Waals surface area contributed by atoms with E-state index in [-0.39, 0.29) is 24.5 Å². The van der Waals surface area contributed by atoms with Crippen molar-refractivity contribution >= 4 is 11.9 Å². The molecule has 3 amide bonds. The highest BCUT2D eigenvalue weighted by Crippen LogP contribution is 2.09. The van der Waals surface area contributed by atoms with Crippen molar-refractivity contribution in [3.63, 3.8) is 0 Å². The van der Waals surface area contributed by atoms with E-state index in [0.717, 1.165) is 11.1 Å². The molecule has 0 fully saturated rings. The molecule has 0 aliphatic rings. The summed E-state index contributed by atoms with van der Waals surface area (Å²) in [4.78, 5) is 29.6. The minimum Gasteiger partial charge on any atom is -0.340 e. The minimum absolute atomic E-state index is 0.0467. The molecular formula is C18H22N4O2. The fourth-order valence-electron chi connectivity index (χ4n) is 2.20. The molecule has 126 valence electrons. The molecule has 0 aliphatic heterocycles. The van der Waals surface area contributed by atoms with Crippen LogP contribution in [0.3, 0.4) is 0 Å². The van der Waals surface area contributed by atoms with Crippen LogP contribution in [-0.4, -0.2) is 35.4 Å². The number of rotatable bonds is 6. The normalized spacial score (nSPS) is 11.4. The predicted octanol–water partition coefficient (Wildman–Crippen LogP) is 2.10. The van der Waals surface area contributed by atoms with Crippen molar-refractivity contribution in [2.45, 2.75) is 19.5 Å². The van der Waals surface area contributed by atoms with E-state index in [1.54, 1.807) is 24.3 Å². The third kappa shape index (κ3) is 5.39. The summed E-state index contributed by atoms with van der Waals surface area (Å²) in [6.45, 7) is 2.32. The number of hydrogen-bond donors (Lipinski definition) is 2. The second-order valence-corrected chi connectivity index (χ2v) is 5.57. The Morgan fingerprint density at radius 2 is 1.92 bits per heavy atom. The van der Waals surface area contributed by atoms with Crippen LogP contribution in [0.1, 0.15) is 24.1 Å². The first-order valence-electron chi connectivity index (χ1n) is 7.78. The van der Waals surface area contributed by atoms with Crippen LogP contribution >= 0.6 is 0 Å². The van der Waals surface area contributed by atoms with Crippen LogP contribution in [0.15, 0.2) is 54.9 Å². The fraction of sp³-hybridized carbons (Fsp3) is 0.278. The van der Waals surface area contributed by atoms with Crippen molar-refractivity contribution < 1.29 is 9.59 Å². The van der Waals surface area contributed by atoms with Gasteiger partial charge in [-0.15, -0.1) is 0 Å². The van der Waals surface area contributed by atoms with Gasteiger partial charge in [0.2, 0.25) is 5.91 Å². The molecule has 0 aliphatic carbocycles. The smallest absolute Gasteiger partial charge is 0.315 e. The van der Waals surface area contributed by atoms with Crippen molar-refractivity contribution in [2.75, 3.05) is 13.6 Å². The molecule has 1 aromatic heterocycles. The Labute approximate surface area is 141 Å². The number of nitrogens with zero attached hydrogens (tertiary/aromatic N) is 2. The molecule has 0 saturated heterocycles. The molecule has 1 aromatic carbocycles. The zero-order valence-corrected chi connectivity index (χ0v) is 13.9. The Bertz CT molecular complexity index is 661. The molecule has 2 aromatic rings. The Balaban J connectivity index is 1.75. The number of pyridine rings is 1. The highest BCUT2D eigenvalue weighted by atomic mass is 16.2. The van der Waals surface area contributed by atoms with E-state index in [9.17, 15) is 9.59 Å². The Morgan fingerprint density at radius 1 is 1.17 bits per heavy atom. The van der Waals surface area contributed by atoms with Gasteiger partial charge in [-0.1, -0.05) is 36.4 Å². The van der Waals surface area contributed by atoms with Crippen molar-refractivity contribution in [3.05, 3.63) is 66.0 Å². The molecule has 1 heterocycles. The molecule has 1 atom stereocenters. The van der Waals surface area contributed by atoms with Crippen molar-refractivity contribution in [3.8, 4) is 0 Å². The molecule has 2 N–H and O–H groups in total. The lowest BCUT2D eigenvalue weighted by atomic mass is 10.1. The van der Waals surface area contributed by atoms with Crippen molar-refractivity contribution in [2.24, 2.45) is 0 Å². The topological polar surface area (TPSA) is 74.3 Å². The molecule has 0 bridgehead atoms. The van der Waals surface area contributed by atoms with E-state index in [2.05, 4.69) is 15.6 Å². The Morgan fingerprint density at radius 3 is 2.58 bits per heavy atom. The Kier molecular flexibility index (Phi) is 6.31. The lowest BCUT2D eigenvalue weighted by molar-refractivity contribution is -0.129. The van der Waals surface area contributed by atoms with Crippen LogP contribution < -0.4 is 10.6 Å². The van der Waals surface area contributed by atoms with Crippen molar-refractivity contribution in [1.29, 1.82) is 0 Å². The van der Waals surface area contributed by atoms with Crippen LogP contribution in [0.4, 0.5) is 4.79 Å². The number of amides is 3. The summed E-state index contributed by atoms with van der Waals surface area (Å²) in [5.74, 6) is -0.150. The van der Waals surface area contributed by atoms with Gasteiger partial charge < -0.3 is 15.5 Å². The SMILES string of the molecule is CC(NC(=O)NCC(=O)N(C)Cc1ccccc1)c1cccnc1. The van der Waals surface area contributed by atoms with Gasteiger partial charge in [0.25, 0.3) is 0 Å². The van der Waals surface area contributed by atoms with E-state index in [4.69, 9.17) is 0 Å². The fourth-order valence-corrected chi connectivity index (χ4v) is 2.20. The van der Waals surface area contributed by atoms with E-state index in [1.165, 1.54) is 0 Å². The zero-order valence-electron chi connectivity index (χ0n) is 13.9. The average Bonchev–Trinajstić information content (AvgIpc) is 2.61. The highest BCUT2D eigenvalue weighted by molar-refractivity contribution is 5.83. The number of nitrogens with one attached hydrogen (secondary N) is 2. The molecule has 1 unspecified atom stereocenters. The van der Waals surface area contributed by atoms with Crippen LogP contribution in [0.5, 0.6) is 0 Å². The predicted molar refractivity (Wildman–Crippen MR) is 92.1 cm³/mol. The summed E-state index contributed by atoms with van der Waals surface area (Å²) < 4.78 is 0. The second-order valence-electron chi connectivity index (χ2n) is 5.57. The summed E-state index contributed by atoms with van der Waals surface area (Å²) in [7, 11) is 1.72. The summed E-state index contributed by atoms with van der Waals surface area (Å²) in [6, 6.07) is 12.8. The van der Waals surface area contributed by atoms with Crippen LogP contribution in [0.2, 0.25) is 0 Å². The molecule has 6 heteroatoms. The molecule has 24 heavy (non-hydrogen) atoms. The number of urea groups is 1. The molecule has 2 rings (SSSR count). The standard InChI is InChI=1S/C18H22N4O2/c1-14(16-9-6-10-19-11-16)21-18(24)20-12-17(23)22(2)13-15-7-4-3-5-8-15/h3-11,14H,12-13H2,1-2H3,(H2,20,21,24). The minimum atomic E-state index is -0.382. The summed E-state index contributed by atoms with van der Waals surface area (Å²) >= 11 is 0. The lowest BCUT2D eigenvalue weighted by Gasteiger charge is -2.19. The van der Waals surface area contributed by atoms with Crippen LogP contribution in [0.25, 0.3) is 0 Å². The number of aromatic nitrogens is 1. The molecule has 6 nitrogen and oxygen atoms in total. The molecule has 0 spiro atoms. The summed E-state index contributed by atoms with van der Waals surface area (Å²) in [6.07, 6.45) is 3.38. The van der Waals surface area contributed by atoms with Crippen LogP contribution in [-0.2, 0) is 11.3 Å². The summed E-state index contributed by atoms with van der Waals surface area (Å²) in [5.41, 5.74) is 1.95. The van der Waals surface area contributed by atoms with Gasteiger partial charge in [-0.3, -0.25) is 9.78 Å². The quantitative estimate of drug-likeness (QED) is 0.854. The number of hydrogen-bond acceptors (Lipinski definition) is 3. The van der Waals surface area contributed by atoms with E-state index in [1.807, 2.05) is 49.4 Å². The Hall–Kier alpha value is -2.89. The van der Waals surface area contributed by atoms with Gasteiger partial charge in [-0.2, -0.15) is 0 Å². The maximum atomic E-state index is 12.1. The largest absolute Gasteiger partial charge is 0.340 e. The number of carbonyl (C=O) groups is 2. The highest BCUT2D eigenvalue weighted by Gasteiger charge is 2.13. The van der Waals surface area contributed by atoms with Crippen molar-refractivity contribution in [1.82, 2.24) is 20.5 Å². The second kappa shape index (κ2) is 8.67. The number of benzene rings is 1. The van der Waals surface area contributed by atoms with Gasteiger partial charge in [0.05, 0.1) is 12.6 Å². The third-order valence-corrected chi connectivity index (χ3v) is 3.62. The lowest BCUT2D eigenvalue weighted by Crippen LogP contribution is -2.43. The average molecular weight is 326 g/mol. The number of likely N-dealkylation sites (N-methyl/N-ethyl adjacent to an activating group) is 1. The van der Waals surface area contributed by atoms with Gasteiger partial charge >= 0.3 is 6.03 Å². The molecule has 0 saturated carbocycles. The zero-order chi connectivity index (χ0) is 17.4. The number of carbonyl (C=O) groups excluding carboxylic acids is 2. The van der Waals surface area contributed by atoms with E-state index in [0.29, 0.717) is 6.54 Å². The van der Waals surface area contributed by atoms with Gasteiger partial charge in [-0.05, 0) is 24.1 Å². The first-order valence-corrected chi connectivity index (χ1v) is 7.78.